The first-order valence-electron chi connectivity index (χ1n) is 6.93. The molecule has 1 aromatic heterocycles. The highest BCUT2D eigenvalue weighted by Crippen LogP contribution is 2.38. The lowest BCUT2D eigenvalue weighted by Crippen LogP contribution is -2.35. The Kier molecular flexibility index (Phi) is 4.33. The lowest BCUT2D eigenvalue weighted by molar-refractivity contribution is 0.144. The van der Waals surface area contributed by atoms with Gasteiger partial charge in [-0.05, 0) is 43.4 Å². The lowest BCUT2D eigenvalue weighted by Gasteiger charge is -2.32. The molecular formula is C15H23FN2. The van der Waals surface area contributed by atoms with Crippen LogP contribution < -0.4 is 5.73 Å². The van der Waals surface area contributed by atoms with E-state index in [1.807, 2.05) is 19.9 Å². The van der Waals surface area contributed by atoms with Gasteiger partial charge in [-0.1, -0.05) is 19.9 Å². The fraction of sp³-hybridized carbons (Fsp3) is 0.667. The molecule has 3 atom stereocenters. The summed E-state index contributed by atoms with van der Waals surface area (Å²) in [5.74, 6) is 0.146. The monoisotopic (exact) mass is 250 g/mol. The average molecular weight is 250 g/mol. The molecule has 0 bridgehead atoms. The minimum Gasteiger partial charge on any atom is -0.330 e. The number of halogens is 1. The molecule has 1 aromatic rings. The zero-order valence-electron chi connectivity index (χ0n) is 11.3. The normalized spacial score (nSPS) is 22.6. The molecule has 100 valence electrons. The Morgan fingerprint density at radius 3 is 2.94 bits per heavy atom. The molecule has 1 aliphatic rings. The Morgan fingerprint density at radius 2 is 2.28 bits per heavy atom. The SMILES string of the molecule is CC(C)C(CN)C(F)C1CCCc2cccnc21. The Bertz CT molecular complexity index is 392. The molecule has 3 unspecified atom stereocenters. The third kappa shape index (κ3) is 2.56. The topological polar surface area (TPSA) is 38.9 Å². The van der Waals surface area contributed by atoms with Crippen LogP contribution in [0.4, 0.5) is 4.39 Å². The number of rotatable bonds is 4. The average Bonchev–Trinajstić information content (AvgIpc) is 2.38. The zero-order valence-corrected chi connectivity index (χ0v) is 11.3. The first-order chi connectivity index (χ1) is 8.65. The third-order valence-corrected chi connectivity index (χ3v) is 4.16. The zero-order chi connectivity index (χ0) is 13.1. The fourth-order valence-electron chi connectivity index (χ4n) is 3.02. The van der Waals surface area contributed by atoms with Crippen molar-refractivity contribution in [2.24, 2.45) is 17.6 Å². The number of hydrogen-bond acceptors (Lipinski definition) is 2. The van der Waals surface area contributed by atoms with Gasteiger partial charge in [0.2, 0.25) is 0 Å². The molecule has 0 saturated carbocycles. The quantitative estimate of drug-likeness (QED) is 0.892. The van der Waals surface area contributed by atoms with Crippen LogP contribution in [0.1, 0.15) is 43.9 Å². The van der Waals surface area contributed by atoms with Gasteiger partial charge in [0, 0.05) is 23.7 Å². The standard InChI is InChI=1S/C15H23FN2/c1-10(2)13(9-17)14(16)12-7-3-5-11-6-4-8-18-15(11)12/h4,6,8,10,12-14H,3,5,7,9,17H2,1-2H3. The highest BCUT2D eigenvalue weighted by atomic mass is 19.1. The first-order valence-corrected chi connectivity index (χ1v) is 6.93. The van der Waals surface area contributed by atoms with Crippen LogP contribution in [0.15, 0.2) is 18.3 Å². The summed E-state index contributed by atoms with van der Waals surface area (Å²) < 4.78 is 14.8. The van der Waals surface area contributed by atoms with E-state index in [0.29, 0.717) is 6.54 Å². The molecule has 0 radical (unpaired) electrons. The number of alkyl halides is 1. The predicted octanol–water partition coefficient (Wildman–Crippen LogP) is 3.07. The van der Waals surface area contributed by atoms with Crippen LogP contribution in [-0.4, -0.2) is 17.7 Å². The molecule has 0 aliphatic heterocycles. The van der Waals surface area contributed by atoms with E-state index in [1.165, 1.54) is 5.56 Å². The van der Waals surface area contributed by atoms with Crippen molar-refractivity contribution < 1.29 is 4.39 Å². The van der Waals surface area contributed by atoms with Crippen LogP contribution in [0.2, 0.25) is 0 Å². The van der Waals surface area contributed by atoms with Crippen LogP contribution in [0.5, 0.6) is 0 Å². The van der Waals surface area contributed by atoms with E-state index in [0.717, 1.165) is 25.0 Å². The minimum absolute atomic E-state index is 0.0640. The van der Waals surface area contributed by atoms with Crippen LogP contribution in [0.25, 0.3) is 0 Å². The predicted molar refractivity (Wildman–Crippen MR) is 72.2 cm³/mol. The van der Waals surface area contributed by atoms with Gasteiger partial charge in [0.25, 0.3) is 0 Å². The number of pyridine rings is 1. The van der Waals surface area contributed by atoms with Gasteiger partial charge in [0.15, 0.2) is 0 Å². The number of nitrogens with two attached hydrogens (primary N) is 1. The van der Waals surface area contributed by atoms with Gasteiger partial charge in [-0.2, -0.15) is 0 Å². The Morgan fingerprint density at radius 1 is 1.50 bits per heavy atom. The minimum atomic E-state index is -0.871. The van der Waals surface area contributed by atoms with Gasteiger partial charge in [-0.15, -0.1) is 0 Å². The highest BCUT2D eigenvalue weighted by molar-refractivity contribution is 5.27. The van der Waals surface area contributed by atoms with Crippen molar-refractivity contribution in [2.75, 3.05) is 6.54 Å². The Hall–Kier alpha value is -0.960. The number of hydrogen-bond donors (Lipinski definition) is 1. The molecule has 0 aromatic carbocycles. The number of aromatic nitrogens is 1. The number of fused-ring (bicyclic) bond motifs is 1. The number of aryl methyl sites for hydroxylation is 1. The van der Waals surface area contributed by atoms with E-state index in [9.17, 15) is 4.39 Å². The van der Waals surface area contributed by atoms with Crippen molar-refractivity contribution in [1.29, 1.82) is 0 Å². The molecule has 3 heteroatoms. The highest BCUT2D eigenvalue weighted by Gasteiger charge is 2.35. The molecule has 2 N–H and O–H groups in total. The summed E-state index contributed by atoms with van der Waals surface area (Å²) in [6.07, 6.45) is 3.88. The van der Waals surface area contributed by atoms with Crippen molar-refractivity contribution >= 4 is 0 Å². The summed E-state index contributed by atoms with van der Waals surface area (Å²) in [4.78, 5) is 4.42. The van der Waals surface area contributed by atoms with E-state index in [4.69, 9.17) is 5.73 Å². The van der Waals surface area contributed by atoms with E-state index in [1.54, 1.807) is 6.20 Å². The molecule has 0 saturated heterocycles. The van der Waals surface area contributed by atoms with Crippen molar-refractivity contribution in [3.8, 4) is 0 Å². The lowest BCUT2D eigenvalue weighted by atomic mass is 9.77. The van der Waals surface area contributed by atoms with Gasteiger partial charge in [-0.3, -0.25) is 4.98 Å². The van der Waals surface area contributed by atoms with Crippen molar-refractivity contribution in [1.82, 2.24) is 4.98 Å². The van der Waals surface area contributed by atoms with E-state index < -0.39 is 6.17 Å². The Balaban J connectivity index is 2.24. The summed E-state index contributed by atoms with van der Waals surface area (Å²) in [5.41, 5.74) is 7.93. The van der Waals surface area contributed by atoms with Crippen molar-refractivity contribution in [3.05, 3.63) is 29.6 Å². The van der Waals surface area contributed by atoms with Gasteiger partial charge < -0.3 is 5.73 Å². The molecule has 1 heterocycles. The Labute approximate surface area is 109 Å². The van der Waals surface area contributed by atoms with Crippen LogP contribution in [0, 0.1) is 11.8 Å². The molecule has 0 spiro atoms. The maximum absolute atomic E-state index is 14.8. The second kappa shape index (κ2) is 5.79. The summed E-state index contributed by atoms with van der Waals surface area (Å²) in [5, 5.41) is 0. The van der Waals surface area contributed by atoms with Crippen LogP contribution in [0.3, 0.4) is 0 Å². The maximum atomic E-state index is 14.8. The van der Waals surface area contributed by atoms with E-state index in [2.05, 4.69) is 11.1 Å². The molecule has 2 rings (SSSR count). The summed E-state index contributed by atoms with van der Waals surface area (Å²) >= 11 is 0. The number of nitrogens with zero attached hydrogens (tertiary/aromatic N) is 1. The molecule has 18 heavy (non-hydrogen) atoms. The van der Waals surface area contributed by atoms with E-state index in [-0.39, 0.29) is 17.8 Å². The third-order valence-electron chi connectivity index (χ3n) is 4.16. The summed E-state index contributed by atoms with van der Waals surface area (Å²) in [6.45, 7) is 4.51. The summed E-state index contributed by atoms with van der Waals surface area (Å²) in [7, 11) is 0. The van der Waals surface area contributed by atoms with Gasteiger partial charge >= 0.3 is 0 Å². The molecule has 2 nitrogen and oxygen atoms in total. The van der Waals surface area contributed by atoms with Crippen LogP contribution in [-0.2, 0) is 6.42 Å². The molecule has 0 amide bonds. The van der Waals surface area contributed by atoms with Crippen LogP contribution >= 0.6 is 0 Å². The van der Waals surface area contributed by atoms with Crippen molar-refractivity contribution in [2.45, 2.75) is 45.2 Å². The molecule has 1 aliphatic carbocycles. The molecular weight excluding hydrogens is 227 g/mol. The maximum Gasteiger partial charge on any atom is 0.113 e. The van der Waals surface area contributed by atoms with E-state index >= 15 is 0 Å². The molecule has 0 fully saturated rings. The van der Waals surface area contributed by atoms with Gasteiger partial charge in [0.05, 0.1) is 0 Å². The van der Waals surface area contributed by atoms with Gasteiger partial charge in [-0.25, -0.2) is 4.39 Å². The summed E-state index contributed by atoms with van der Waals surface area (Å²) in [6, 6.07) is 4.02. The van der Waals surface area contributed by atoms with Crippen molar-refractivity contribution in [3.63, 3.8) is 0 Å². The second-order valence-corrected chi connectivity index (χ2v) is 5.63. The van der Waals surface area contributed by atoms with Gasteiger partial charge in [0.1, 0.15) is 6.17 Å². The fourth-order valence-corrected chi connectivity index (χ4v) is 3.02. The smallest absolute Gasteiger partial charge is 0.113 e. The largest absolute Gasteiger partial charge is 0.330 e. The second-order valence-electron chi connectivity index (χ2n) is 5.63. The first kappa shape index (κ1) is 13.5.